The van der Waals surface area contributed by atoms with Crippen LogP contribution in [0.15, 0.2) is 53.6 Å². The van der Waals surface area contributed by atoms with Crippen molar-refractivity contribution >= 4 is 28.6 Å². The van der Waals surface area contributed by atoms with Crippen molar-refractivity contribution in [3.8, 4) is 5.75 Å². The lowest BCUT2D eigenvalue weighted by molar-refractivity contribution is -0.139. The maximum atomic E-state index is 13.2. The number of ether oxygens (including phenoxy) is 1. The van der Waals surface area contributed by atoms with Crippen LogP contribution in [0.2, 0.25) is 0 Å². The molecule has 0 radical (unpaired) electrons. The van der Waals surface area contributed by atoms with Crippen molar-refractivity contribution in [1.82, 2.24) is 10.3 Å². The van der Waals surface area contributed by atoms with E-state index < -0.39 is 24.3 Å². The Hall–Kier alpha value is -2.68. The number of benzene rings is 2. The third-order valence-corrected chi connectivity index (χ3v) is 4.90. The summed E-state index contributed by atoms with van der Waals surface area (Å²) in [6.45, 7) is -0.203. The van der Waals surface area contributed by atoms with Crippen molar-refractivity contribution in [3.63, 3.8) is 0 Å². The van der Waals surface area contributed by atoms with Gasteiger partial charge in [0.05, 0.1) is 5.56 Å². The first-order chi connectivity index (χ1) is 13.3. The van der Waals surface area contributed by atoms with E-state index in [1.807, 2.05) is 0 Å². The van der Waals surface area contributed by atoms with Crippen LogP contribution in [-0.4, -0.2) is 29.8 Å². The fourth-order valence-electron chi connectivity index (χ4n) is 2.56. The number of carbonyl (C=O) groups is 1. The van der Waals surface area contributed by atoms with Crippen molar-refractivity contribution in [3.05, 3.63) is 60.0 Å². The first-order valence-corrected chi connectivity index (χ1v) is 9.28. The summed E-state index contributed by atoms with van der Waals surface area (Å²) in [4.78, 5) is 15.7. The third-order valence-electron chi connectivity index (χ3n) is 3.84. The van der Waals surface area contributed by atoms with Crippen molar-refractivity contribution < 1.29 is 27.1 Å². The lowest BCUT2D eigenvalue weighted by Gasteiger charge is -2.13. The topological polar surface area (TPSA) is 54.1 Å². The van der Waals surface area contributed by atoms with Gasteiger partial charge < -0.3 is 15.0 Å². The van der Waals surface area contributed by atoms with Crippen LogP contribution in [0, 0.1) is 5.82 Å². The number of rotatable bonds is 7. The average Bonchev–Trinajstić information content (AvgIpc) is 3.05. The first-order valence-electron chi connectivity index (χ1n) is 8.30. The Bertz CT molecular complexity index is 972. The summed E-state index contributed by atoms with van der Waals surface area (Å²) in [6, 6.07) is 9.18. The van der Waals surface area contributed by atoms with Gasteiger partial charge in [0.2, 0.25) is 0 Å². The second-order valence-electron chi connectivity index (χ2n) is 5.82. The number of para-hydroxylation sites is 1. The first kappa shape index (κ1) is 20.1. The smallest absolute Gasteiger partial charge is 0.419 e. The lowest BCUT2D eigenvalue weighted by atomic mass is 10.2. The highest BCUT2D eigenvalue weighted by molar-refractivity contribution is 7.99. The van der Waals surface area contributed by atoms with Crippen molar-refractivity contribution in [2.24, 2.45) is 0 Å². The standard InChI is InChI=1S/C19H16F4N2O2S/c20-12-5-6-13-15(9-12)25-10-17(13)28-8-7-24-18(26)11-27-16-4-2-1-3-14(16)19(21,22)23/h1-6,9-10,25H,7-8,11H2,(H,24,26). The molecule has 0 aliphatic carbocycles. The van der Waals surface area contributed by atoms with E-state index >= 15 is 0 Å². The normalized spacial score (nSPS) is 11.6. The van der Waals surface area contributed by atoms with E-state index in [0.29, 0.717) is 17.8 Å². The van der Waals surface area contributed by atoms with Gasteiger partial charge in [0, 0.05) is 34.3 Å². The Morgan fingerprint density at radius 1 is 1.18 bits per heavy atom. The minimum Gasteiger partial charge on any atom is -0.483 e. The molecule has 2 aromatic carbocycles. The van der Waals surface area contributed by atoms with E-state index in [1.54, 1.807) is 12.3 Å². The number of thioether (sulfide) groups is 1. The monoisotopic (exact) mass is 412 g/mol. The largest absolute Gasteiger partial charge is 0.483 e. The molecule has 3 rings (SSSR count). The number of carbonyl (C=O) groups excluding carboxylic acids is 1. The molecule has 0 aliphatic heterocycles. The van der Waals surface area contributed by atoms with Gasteiger partial charge in [-0.1, -0.05) is 12.1 Å². The van der Waals surface area contributed by atoms with Gasteiger partial charge in [0.1, 0.15) is 11.6 Å². The third kappa shape index (κ3) is 4.98. The van der Waals surface area contributed by atoms with Gasteiger partial charge in [0.15, 0.2) is 6.61 Å². The zero-order chi connectivity index (χ0) is 20.1. The molecule has 28 heavy (non-hydrogen) atoms. The molecule has 0 aliphatic rings. The molecule has 1 aromatic heterocycles. The molecule has 4 nitrogen and oxygen atoms in total. The van der Waals surface area contributed by atoms with E-state index in [4.69, 9.17) is 4.74 Å². The van der Waals surface area contributed by atoms with Gasteiger partial charge >= 0.3 is 6.18 Å². The number of aromatic nitrogens is 1. The van der Waals surface area contributed by atoms with Crippen LogP contribution in [0.4, 0.5) is 17.6 Å². The van der Waals surface area contributed by atoms with Crippen molar-refractivity contribution in [2.45, 2.75) is 11.1 Å². The molecule has 3 aromatic rings. The van der Waals surface area contributed by atoms with E-state index in [-0.39, 0.29) is 11.6 Å². The summed E-state index contributed by atoms with van der Waals surface area (Å²) in [7, 11) is 0. The van der Waals surface area contributed by atoms with Crippen LogP contribution in [-0.2, 0) is 11.0 Å². The highest BCUT2D eigenvalue weighted by Gasteiger charge is 2.34. The summed E-state index contributed by atoms with van der Waals surface area (Å²) in [5, 5.41) is 3.47. The second kappa shape index (κ2) is 8.55. The zero-order valence-corrected chi connectivity index (χ0v) is 15.3. The molecule has 0 unspecified atom stereocenters. The number of amides is 1. The van der Waals surface area contributed by atoms with E-state index in [1.165, 1.54) is 42.1 Å². The number of aromatic amines is 1. The molecule has 1 heterocycles. The summed E-state index contributed by atoms with van der Waals surface area (Å²) in [5.41, 5.74) is -0.239. The quantitative estimate of drug-likeness (QED) is 0.338. The van der Waals surface area contributed by atoms with Gasteiger partial charge in [-0.05, 0) is 30.3 Å². The molecule has 148 valence electrons. The minimum atomic E-state index is -4.55. The molecular weight excluding hydrogens is 396 g/mol. The number of hydrogen-bond acceptors (Lipinski definition) is 3. The van der Waals surface area contributed by atoms with Crippen LogP contribution < -0.4 is 10.1 Å². The molecule has 0 bridgehead atoms. The molecule has 0 spiro atoms. The van der Waals surface area contributed by atoms with Gasteiger partial charge in [-0.3, -0.25) is 4.79 Å². The summed E-state index contributed by atoms with van der Waals surface area (Å²) >= 11 is 1.47. The van der Waals surface area contributed by atoms with E-state index in [2.05, 4.69) is 10.3 Å². The van der Waals surface area contributed by atoms with Gasteiger partial charge in [0.25, 0.3) is 5.91 Å². The fourth-order valence-corrected chi connectivity index (χ4v) is 3.46. The van der Waals surface area contributed by atoms with Crippen LogP contribution >= 0.6 is 11.8 Å². The number of nitrogens with one attached hydrogen (secondary N) is 2. The van der Waals surface area contributed by atoms with Crippen LogP contribution in [0.5, 0.6) is 5.75 Å². The molecular formula is C19H16F4N2O2S. The molecule has 0 saturated carbocycles. The Labute approximate surface area is 162 Å². The maximum absolute atomic E-state index is 13.2. The van der Waals surface area contributed by atoms with Crippen LogP contribution in [0.3, 0.4) is 0 Å². The van der Waals surface area contributed by atoms with E-state index in [0.717, 1.165) is 16.3 Å². The summed E-state index contributed by atoms with van der Waals surface area (Å²) in [6.07, 6.45) is -2.79. The number of alkyl halides is 3. The summed E-state index contributed by atoms with van der Waals surface area (Å²) < 4.78 is 56.8. The molecule has 0 saturated heterocycles. The number of hydrogen-bond donors (Lipinski definition) is 2. The maximum Gasteiger partial charge on any atom is 0.419 e. The van der Waals surface area contributed by atoms with E-state index in [9.17, 15) is 22.4 Å². The van der Waals surface area contributed by atoms with Gasteiger partial charge in [-0.15, -0.1) is 11.8 Å². The molecule has 0 fully saturated rings. The average molecular weight is 412 g/mol. The van der Waals surface area contributed by atoms with Gasteiger partial charge in [-0.2, -0.15) is 13.2 Å². The molecule has 0 atom stereocenters. The SMILES string of the molecule is O=C(COc1ccccc1C(F)(F)F)NCCSc1c[nH]c2cc(F)ccc12. The number of fused-ring (bicyclic) bond motifs is 1. The van der Waals surface area contributed by atoms with Crippen molar-refractivity contribution in [2.75, 3.05) is 18.9 Å². The Morgan fingerprint density at radius 3 is 2.75 bits per heavy atom. The fraction of sp³-hybridized carbons (Fsp3) is 0.211. The Morgan fingerprint density at radius 2 is 1.96 bits per heavy atom. The highest BCUT2D eigenvalue weighted by atomic mass is 32.2. The highest BCUT2D eigenvalue weighted by Crippen LogP contribution is 2.35. The predicted octanol–water partition coefficient (Wildman–Crippen LogP) is 4.61. The Balaban J connectivity index is 1.45. The zero-order valence-electron chi connectivity index (χ0n) is 14.5. The van der Waals surface area contributed by atoms with Crippen LogP contribution in [0.1, 0.15) is 5.56 Å². The van der Waals surface area contributed by atoms with Crippen LogP contribution in [0.25, 0.3) is 10.9 Å². The molecule has 9 heteroatoms. The molecule has 1 amide bonds. The number of halogens is 4. The number of H-pyrrole nitrogens is 1. The minimum absolute atomic E-state index is 0.307. The summed E-state index contributed by atoms with van der Waals surface area (Å²) in [5.74, 6) is -0.691. The van der Waals surface area contributed by atoms with Crippen molar-refractivity contribution in [1.29, 1.82) is 0 Å². The second-order valence-corrected chi connectivity index (χ2v) is 6.96. The van der Waals surface area contributed by atoms with Gasteiger partial charge in [-0.25, -0.2) is 4.39 Å². The predicted molar refractivity (Wildman–Crippen MR) is 98.9 cm³/mol. The molecule has 2 N–H and O–H groups in total. The lowest BCUT2D eigenvalue weighted by Crippen LogP contribution is -2.31. The Kier molecular flexibility index (Phi) is 6.13.